The van der Waals surface area contributed by atoms with Gasteiger partial charge in [0.05, 0.1) is 5.54 Å². The maximum atomic E-state index is 12.6. The fourth-order valence-corrected chi connectivity index (χ4v) is 3.93. The van der Waals surface area contributed by atoms with Crippen LogP contribution in [0.5, 0.6) is 0 Å². The maximum Gasteiger partial charge on any atom is 0.255 e. The Morgan fingerprint density at radius 2 is 2.08 bits per heavy atom. The number of anilines is 1. The molecule has 0 saturated carbocycles. The first kappa shape index (κ1) is 16.6. The van der Waals surface area contributed by atoms with Gasteiger partial charge < -0.3 is 11.1 Å². The van der Waals surface area contributed by atoms with Gasteiger partial charge in [-0.15, -0.1) is 0 Å². The van der Waals surface area contributed by atoms with Crippen LogP contribution in [0.2, 0.25) is 0 Å². The number of rotatable bonds is 3. The van der Waals surface area contributed by atoms with Crippen molar-refractivity contribution >= 4 is 39.6 Å². The van der Waals surface area contributed by atoms with E-state index < -0.39 is 0 Å². The van der Waals surface area contributed by atoms with E-state index >= 15 is 0 Å². The number of hydrogen-bond acceptors (Lipinski definition) is 7. The van der Waals surface area contributed by atoms with Crippen LogP contribution < -0.4 is 11.1 Å². The van der Waals surface area contributed by atoms with Gasteiger partial charge in [0, 0.05) is 17.0 Å². The molecule has 0 aliphatic carbocycles. The lowest BCUT2D eigenvalue weighted by Gasteiger charge is -2.30. The quantitative estimate of drug-likeness (QED) is 0.736. The fraction of sp³-hybridized carbons (Fsp3) is 0.222. The number of amides is 1. The van der Waals surface area contributed by atoms with Crippen LogP contribution in [0.4, 0.5) is 5.69 Å². The van der Waals surface area contributed by atoms with Crippen LogP contribution in [0.1, 0.15) is 29.3 Å². The van der Waals surface area contributed by atoms with Gasteiger partial charge in [0.15, 0.2) is 5.17 Å². The summed E-state index contributed by atoms with van der Waals surface area (Å²) in [7, 11) is 0. The Kier molecular flexibility index (Phi) is 4.12. The first-order valence-electron chi connectivity index (χ1n) is 8.16. The van der Waals surface area contributed by atoms with Crippen molar-refractivity contribution in [1.29, 1.82) is 0 Å². The molecule has 7 nitrogen and oxygen atoms in total. The van der Waals surface area contributed by atoms with Crippen molar-refractivity contribution in [2.24, 2.45) is 10.7 Å². The summed E-state index contributed by atoms with van der Waals surface area (Å²) in [5.41, 5.74) is 8.91. The van der Waals surface area contributed by atoms with Crippen molar-refractivity contribution in [3.63, 3.8) is 0 Å². The number of nitrogens with two attached hydrogens (primary N) is 1. The number of aliphatic imine (C=N–C) groups is 1. The molecule has 0 bridgehead atoms. The van der Waals surface area contributed by atoms with Crippen LogP contribution in [0.3, 0.4) is 0 Å². The molecule has 132 valence electrons. The highest BCUT2D eigenvalue weighted by atomic mass is 32.2. The molecule has 2 heterocycles. The summed E-state index contributed by atoms with van der Waals surface area (Å²) in [4.78, 5) is 17.2. The first-order valence-corrected chi connectivity index (χ1v) is 9.14. The summed E-state index contributed by atoms with van der Waals surface area (Å²) >= 11 is 1.57. The highest BCUT2D eigenvalue weighted by molar-refractivity contribution is 8.13. The Hall–Kier alpha value is -2.87. The van der Waals surface area contributed by atoms with Gasteiger partial charge >= 0.3 is 0 Å². The molecule has 1 aromatic heterocycles. The van der Waals surface area contributed by atoms with E-state index in [0.29, 0.717) is 27.5 Å². The van der Waals surface area contributed by atoms with E-state index in [1.54, 1.807) is 30.0 Å². The van der Waals surface area contributed by atoms with Gasteiger partial charge in [-0.25, -0.2) is 4.63 Å². The largest absolute Gasteiger partial charge is 0.379 e. The van der Waals surface area contributed by atoms with Gasteiger partial charge in [0.2, 0.25) is 0 Å². The fourth-order valence-electron chi connectivity index (χ4n) is 2.95. The minimum atomic E-state index is -0.374. The predicted molar refractivity (Wildman–Crippen MR) is 102 cm³/mol. The zero-order chi connectivity index (χ0) is 18.1. The molecule has 3 aromatic rings. The Bertz CT molecular complexity index is 1020. The van der Waals surface area contributed by atoms with E-state index in [0.717, 1.165) is 17.7 Å². The van der Waals surface area contributed by atoms with Crippen molar-refractivity contribution in [1.82, 2.24) is 10.3 Å². The first-order chi connectivity index (χ1) is 12.5. The van der Waals surface area contributed by atoms with Gasteiger partial charge in [-0.2, -0.15) is 0 Å². The Labute approximate surface area is 154 Å². The van der Waals surface area contributed by atoms with Crippen molar-refractivity contribution in [2.75, 3.05) is 11.1 Å². The third-order valence-electron chi connectivity index (χ3n) is 4.45. The number of aromatic nitrogens is 2. The van der Waals surface area contributed by atoms with Crippen LogP contribution in [0, 0.1) is 0 Å². The van der Waals surface area contributed by atoms with Crippen molar-refractivity contribution in [3.05, 3.63) is 53.6 Å². The lowest BCUT2D eigenvalue weighted by Crippen LogP contribution is -2.28. The maximum absolute atomic E-state index is 12.6. The van der Waals surface area contributed by atoms with Gasteiger partial charge in [-0.05, 0) is 59.6 Å². The molecule has 26 heavy (non-hydrogen) atoms. The molecule has 0 spiro atoms. The second-order valence-electron chi connectivity index (χ2n) is 6.33. The molecular formula is C18H17N5O2S. The standard InChI is InChI=1S/C18H17N5O2S/c1-18(7-8-26-17(19)21-18)12-3-2-4-13(10-12)20-16(24)11-5-6-14-15(9-11)23-25-22-14/h2-6,9-10H,7-8H2,1H3,(H2,19,21)(H,20,24). The van der Waals surface area contributed by atoms with E-state index in [9.17, 15) is 4.79 Å². The average molecular weight is 367 g/mol. The van der Waals surface area contributed by atoms with E-state index in [2.05, 4.69) is 32.2 Å². The number of carbonyl (C=O) groups is 1. The summed E-state index contributed by atoms with van der Waals surface area (Å²) in [6.45, 7) is 2.06. The molecule has 0 radical (unpaired) electrons. The molecule has 8 heteroatoms. The molecule has 0 saturated heterocycles. The molecule has 1 aliphatic heterocycles. The molecule has 3 N–H and O–H groups in total. The Balaban J connectivity index is 1.58. The third-order valence-corrected chi connectivity index (χ3v) is 5.25. The number of nitrogens with zero attached hydrogens (tertiary/aromatic N) is 3. The topological polar surface area (TPSA) is 106 Å². The second kappa shape index (κ2) is 6.45. The highest BCUT2D eigenvalue weighted by Crippen LogP contribution is 2.35. The van der Waals surface area contributed by atoms with Gasteiger partial charge in [0.25, 0.3) is 5.91 Å². The summed E-state index contributed by atoms with van der Waals surface area (Å²) < 4.78 is 4.66. The van der Waals surface area contributed by atoms with Crippen LogP contribution in [-0.4, -0.2) is 27.1 Å². The summed E-state index contributed by atoms with van der Waals surface area (Å²) in [5.74, 6) is 0.702. The number of carbonyl (C=O) groups excluding carboxylic acids is 1. The van der Waals surface area contributed by atoms with Crippen molar-refractivity contribution in [2.45, 2.75) is 18.9 Å². The monoisotopic (exact) mass is 367 g/mol. The lowest BCUT2D eigenvalue weighted by atomic mass is 9.89. The number of fused-ring (bicyclic) bond motifs is 1. The van der Waals surface area contributed by atoms with E-state index in [1.807, 2.05) is 24.3 Å². The summed E-state index contributed by atoms with van der Waals surface area (Å²) in [5, 5.41) is 11.0. The van der Waals surface area contributed by atoms with Crippen LogP contribution in [-0.2, 0) is 5.54 Å². The number of benzene rings is 2. The smallest absolute Gasteiger partial charge is 0.255 e. The van der Waals surface area contributed by atoms with E-state index in [1.165, 1.54) is 0 Å². The highest BCUT2D eigenvalue weighted by Gasteiger charge is 2.29. The summed E-state index contributed by atoms with van der Waals surface area (Å²) in [6, 6.07) is 12.8. The average Bonchev–Trinajstić information content (AvgIpc) is 3.09. The normalized spacial score (nSPS) is 20.0. The Morgan fingerprint density at radius 1 is 1.23 bits per heavy atom. The van der Waals surface area contributed by atoms with Crippen molar-refractivity contribution in [3.8, 4) is 0 Å². The predicted octanol–water partition coefficient (Wildman–Crippen LogP) is 3.14. The molecule has 1 aliphatic rings. The lowest BCUT2D eigenvalue weighted by molar-refractivity contribution is 0.102. The zero-order valence-electron chi connectivity index (χ0n) is 14.1. The van der Waals surface area contributed by atoms with Crippen LogP contribution in [0.15, 0.2) is 52.1 Å². The molecule has 1 unspecified atom stereocenters. The van der Waals surface area contributed by atoms with Gasteiger partial charge in [-0.3, -0.25) is 9.79 Å². The number of amidine groups is 1. The van der Waals surface area contributed by atoms with E-state index in [4.69, 9.17) is 5.73 Å². The van der Waals surface area contributed by atoms with E-state index in [-0.39, 0.29) is 11.4 Å². The number of hydrogen-bond donors (Lipinski definition) is 2. The van der Waals surface area contributed by atoms with Gasteiger partial charge in [0.1, 0.15) is 11.0 Å². The van der Waals surface area contributed by atoms with Crippen molar-refractivity contribution < 1.29 is 9.42 Å². The molecule has 1 amide bonds. The SMILES string of the molecule is CC1(c2cccc(NC(=O)c3ccc4nonc4c3)c2)CCSC(N)=N1. The Morgan fingerprint density at radius 3 is 2.92 bits per heavy atom. The molecule has 4 rings (SSSR count). The van der Waals surface area contributed by atoms with Crippen LogP contribution >= 0.6 is 11.8 Å². The molecular weight excluding hydrogens is 350 g/mol. The van der Waals surface area contributed by atoms with Crippen LogP contribution in [0.25, 0.3) is 11.0 Å². The third kappa shape index (κ3) is 3.15. The molecule has 1 atom stereocenters. The summed E-state index contributed by atoms with van der Waals surface area (Å²) in [6.07, 6.45) is 0.894. The van der Waals surface area contributed by atoms with Gasteiger partial charge in [-0.1, -0.05) is 23.9 Å². The minimum Gasteiger partial charge on any atom is -0.379 e. The number of thioether (sulfide) groups is 1. The molecule has 0 fully saturated rings. The minimum absolute atomic E-state index is 0.223. The molecule has 2 aromatic carbocycles. The zero-order valence-corrected chi connectivity index (χ0v) is 14.9. The number of nitrogens with one attached hydrogen (secondary N) is 1. The second-order valence-corrected chi connectivity index (χ2v) is 7.44.